The topological polar surface area (TPSA) is 109 Å². The number of nitrogens with zero attached hydrogens (tertiary/aromatic N) is 9. The molecule has 0 N–H and O–H groups in total. The van der Waals surface area contributed by atoms with Gasteiger partial charge in [0, 0.05) is 57.4 Å². The van der Waals surface area contributed by atoms with Gasteiger partial charge in [-0.05, 0) is 392 Å². The van der Waals surface area contributed by atoms with Crippen molar-refractivity contribution in [1.82, 2.24) is 44.8 Å². The Morgan fingerprint density at radius 2 is 0.641 bits per heavy atom. The zero-order chi connectivity index (χ0) is 73.5. The summed E-state index contributed by atoms with van der Waals surface area (Å²) in [5, 5.41) is 91.0. The van der Waals surface area contributed by atoms with Crippen LogP contribution >= 0.6 is 0 Å². The molecule has 6 heterocycles. The van der Waals surface area contributed by atoms with Crippen LogP contribution in [0.2, 0.25) is 0 Å². The maximum Gasteiger partial charge on any atom is 2.00 e. The van der Waals surface area contributed by atoms with Gasteiger partial charge in [-0.3, -0.25) is 4.90 Å². The number of rotatable bonds is 1. The molecule has 529 valence electrons. The van der Waals surface area contributed by atoms with E-state index >= 15 is 0 Å². The molecule has 0 saturated carbocycles. The van der Waals surface area contributed by atoms with E-state index in [1.165, 1.54) is 11.1 Å². The largest absolute Gasteiger partial charge is 2.00 e. The predicted molar refractivity (Wildman–Crippen MR) is 479 cm³/mol. The van der Waals surface area contributed by atoms with Crippen LogP contribution in [0.15, 0.2) is 72.8 Å². The predicted octanol–water partition coefficient (Wildman–Crippen LogP) is 26.3. The van der Waals surface area contributed by atoms with E-state index in [0.29, 0.717) is 45.9 Å². The summed E-state index contributed by atoms with van der Waals surface area (Å²) in [6, 6.07) is 27.3. The number of fused-ring (bicyclic) bond motifs is 20. The van der Waals surface area contributed by atoms with Gasteiger partial charge in [-0.25, -0.2) is 9.97 Å². The number of hydrogen-bond acceptors (Lipinski definition) is 7. The Balaban J connectivity index is 0.00000594. The summed E-state index contributed by atoms with van der Waals surface area (Å²) in [6.07, 6.45) is 0. The number of benzene rings is 21. The third-order valence-corrected chi connectivity index (χ3v) is 35.5. The summed E-state index contributed by atoms with van der Waals surface area (Å²) in [5.41, 5.74) is 15.9. The Morgan fingerprint density at radius 1 is 0.291 bits per heavy atom. The van der Waals surface area contributed by atoms with Crippen LogP contribution in [-0.2, 0) is 44.1 Å². The Kier molecular flexibility index (Phi) is 6.44. The van der Waals surface area contributed by atoms with Gasteiger partial charge >= 0.3 is 17.1 Å². The molecule has 7 aliphatic rings. The Bertz CT molecular complexity index is 11100. The second kappa shape index (κ2) is 13.9. The second-order valence-electron chi connectivity index (χ2n) is 42.0. The molecular weight excluding hydrogens is 1470 g/mol. The van der Waals surface area contributed by atoms with Crippen LogP contribution in [0.1, 0.15) is 113 Å². The molecule has 10 heteroatoms. The smallest absolute Gasteiger partial charge is 0.357 e. The third kappa shape index (κ3) is 3.98. The Hall–Kier alpha value is -12.8. The zero-order valence-electron chi connectivity index (χ0n) is 64.0. The van der Waals surface area contributed by atoms with Gasteiger partial charge in [0.05, 0.1) is 34.1 Å². The summed E-state index contributed by atoms with van der Waals surface area (Å²) in [5.74, 6) is 2.34. The molecule has 35 aromatic rings. The van der Waals surface area contributed by atoms with Crippen LogP contribution in [0.25, 0.3) is 381 Å². The number of likely N-dealkylation sites (N-methyl/N-ethyl adjacent to an activating group) is 1. The average Bonchev–Trinajstić information content (AvgIpc) is 1.38. The summed E-state index contributed by atoms with van der Waals surface area (Å²) in [4.78, 5) is 48.6. The number of hydrogen-bond donors (Lipinski definition) is 0. The molecular formula is C107H45CuN9. The molecule has 1 saturated heterocycles. The van der Waals surface area contributed by atoms with Gasteiger partial charge in [-0.1, -0.05) is 123 Å². The van der Waals surface area contributed by atoms with E-state index in [0.717, 1.165) is 61.5 Å². The number of aromatic nitrogens is 8. The van der Waals surface area contributed by atoms with Crippen LogP contribution in [-0.4, -0.2) is 48.4 Å². The first-order valence-electron chi connectivity index (χ1n) is 42.2. The minimum absolute atomic E-state index is 0. The fraction of sp³-hybridized carbons (Fsp3) is 0.159. The molecule has 4 aliphatic carbocycles. The molecule has 32 aromatic carbocycles. The molecule has 117 heavy (non-hydrogen) atoms. The van der Waals surface area contributed by atoms with Crippen LogP contribution < -0.4 is 9.97 Å². The second-order valence-corrected chi connectivity index (χ2v) is 42.0. The van der Waals surface area contributed by atoms with E-state index in [4.69, 9.17) is 39.9 Å². The van der Waals surface area contributed by atoms with Crippen molar-refractivity contribution in [2.45, 2.75) is 95.4 Å². The summed E-state index contributed by atoms with van der Waals surface area (Å²) >= 11 is 0. The third-order valence-electron chi connectivity index (χ3n) is 35.5. The van der Waals surface area contributed by atoms with E-state index in [-0.39, 0.29) is 39.4 Å². The minimum atomic E-state index is -0.586. The maximum absolute atomic E-state index is 5.92. The fourth-order valence-electron chi connectivity index (χ4n) is 33.2. The molecule has 2 spiro atoms. The van der Waals surface area contributed by atoms with Gasteiger partial charge in [-0.15, -0.1) is 0 Å². The average molecular weight is 1520 g/mol. The van der Waals surface area contributed by atoms with Crippen LogP contribution in [0.3, 0.4) is 0 Å². The standard InChI is InChI=1S/C107H45N9.Cu/c1-103(2,3)25-18-20-27-31(22-25)100-111-96(27)110-99-30-21-24(17-19-26(30)95(109-99)108-97-28-13-11-15-32(104(4,5)6)34(28)101(113-97)115-102-35-29(98(112-100)114-102)14-12-16-33(35)105(7,8)9)94-107-92-85-77-65-57-48-39-37-36-38-42(39)51-58-56-47(38)49-45-40(36)43-44-41(37)46-50(48)63(65)71-69-55(46)53(44)61-60-52(43)54(45)68-70-62(49)64(56)76-78-66(58)67(59(51)57)79(77)88(92)87(78)90-83(76)81(70)84-74(68)72(60)80-73(61)75(69)86(82(71)85)93(107)89(80)91(84)106(90,107)23-116(94)10;/h11-22,94H,23H2,1-10H3;/q-2;+2. The Morgan fingerprint density at radius 3 is 1.12 bits per heavy atom. The first kappa shape index (κ1) is 54.1. The SMILES string of the molecule is CN1CC23c4c5c6c7c8c9c(c%10c%11c2c2c%12c4c4c%13c5c5c7c7c8c8c%14c9c%10c9c%10c%11c2c2c%11c%12c4c4c%12c%13c5c5c7c7c8c8c%14c9c9c%10c2c2c%11c4c4c%12c5c7c5c8c9c2c45)C63C1c1ccc2c(c1)-c1nc-2nc2[n-]c(nc3nc(nc4[n-]c(n1)c1ccc(C(C)(C)C)cc41)-c1cccc(C(C)(C)C)c1-3)c1c(C(C)(C)C)cccc21.[Cu+2]. The van der Waals surface area contributed by atoms with Crippen LogP contribution in [0.4, 0.5) is 0 Å². The van der Waals surface area contributed by atoms with Crippen molar-refractivity contribution in [3.05, 3.63) is 117 Å². The maximum atomic E-state index is 5.92. The van der Waals surface area contributed by atoms with Crippen molar-refractivity contribution in [3.63, 3.8) is 0 Å². The summed E-state index contributed by atoms with van der Waals surface area (Å²) < 4.78 is 0. The molecule has 3 unspecified atom stereocenters. The van der Waals surface area contributed by atoms with Gasteiger partial charge < -0.3 is 29.9 Å². The van der Waals surface area contributed by atoms with Gasteiger partial charge in [0.25, 0.3) is 0 Å². The molecule has 3 atom stereocenters. The molecule has 42 rings (SSSR count). The van der Waals surface area contributed by atoms with Crippen LogP contribution in [0, 0.1) is 0 Å². The van der Waals surface area contributed by atoms with Gasteiger partial charge in [0.15, 0.2) is 0 Å². The fourth-order valence-corrected chi connectivity index (χ4v) is 33.2. The van der Waals surface area contributed by atoms with E-state index < -0.39 is 10.8 Å². The first-order chi connectivity index (χ1) is 56.5. The van der Waals surface area contributed by atoms with Crippen molar-refractivity contribution in [2.75, 3.05) is 13.6 Å². The zero-order valence-corrected chi connectivity index (χ0v) is 65.0. The summed E-state index contributed by atoms with van der Waals surface area (Å²) in [7, 11) is 2.57. The van der Waals surface area contributed by atoms with Gasteiger partial charge in [0.1, 0.15) is 0 Å². The first-order valence-corrected chi connectivity index (χ1v) is 42.2. The van der Waals surface area contributed by atoms with Crippen molar-refractivity contribution in [3.8, 4) is 45.6 Å². The molecule has 3 aliphatic heterocycles. The summed E-state index contributed by atoms with van der Waals surface area (Å²) in [6.45, 7) is 21.4. The van der Waals surface area contributed by atoms with Crippen molar-refractivity contribution in [2.24, 2.45) is 0 Å². The Labute approximate surface area is 663 Å². The monoisotopic (exact) mass is 1520 g/mol. The van der Waals surface area contributed by atoms with E-state index in [1.807, 2.05) is 0 Å². The molecule has 3 aromatic heterocycles. The molecule has 9 nitrogen and oxygen atoms in total. The number of likely N-dealkylation sites (tertiary alicyclic amines) is 1. The normalized spacial score (nSPS) is 19.7. The molecule has 1 radical (unpaired) electrons. The minimum Gasteiger partial charge on any atom is -0.357 e. The van der Waals surface area contributed by atoms with Crippen molar-refractivity contribution in [1.29, 1.82) is 0 Å². The van der Waals surface area contributed by atoms with E-state index in [9.17, 15) is 0 Å². The van der Waals surface area contributed by atoms with Gasteiger partial charge in [0.2, 0.25) is 0 Å². The van der Waals surface area contributed by atoms with Crippen LogP contribution in [0.5, 0.6) is 0 Å². The van der Waals surface area contributed by atoms with E-state index in [2.05, 4.69) is 147 Å². The van der Waals surface area contributed by atoms with Crippen molar-refractivity contribution < 1.29 is 17.1 Å². The van der Waals surface area contributed by atoms with Crippen molar-refractivity contribution >= 4 is 335 Å². The molecule has 0 amide bonds. The molecule has 8 bridgehead atoms. The molecule has 1 fully saturated rings. The quantitative estimate of drug-likeness (QED) is 0.117. The van der Waals surface area contributed by atoms with Gasteiger partial charge in [-0.2, -0.15) is 0 Å². The van der Waals surface area contributed by atoms with E-state index in [1.54, 1.807) is 313 Å².